The Balaban J connectivity index is 2.01. The molecule has 1 atom stereocenters. The molecule has 0 aliphatic carbocycles. The highest BCUT2D eigenvalue weighted by molar-refractivity contribution is 5.73. The average Bonchev–Trinajstić information content (AvgIpc) is 2.85. The second kappa shape index (κ2) is 13.0. The molecule has 13 heteroatoms. The van der Waals surface area contributed by atoms with Crippen molar-refractivity contribution in [2.24, 2.45) is 0 Å². The number of ether oxygens (including phenoxy) is 1. The highest BCUT2D eigenvalue weighted by atomic mass is 16.5. The molecule has 34 heavy (non-hydrogen) atoms. The molecular weight excluding hydrogens is 452 g/mol. The monoisotopic (exact) mass is 484 g/mol. The van der Waals surface area contributed by atoms with Gasteiger partial charge < -0.3 is 25.4 Å². The van der Waals surface area contributed by atoms with Gasteiger partial charge in [0.1, 0.15) is 11.7 Å². The highest BCUT2D eigenvalue weighted by Gasteiger charge is 2.28. The first kappa shape index (κ1) is 27.2. The van der Waals surface area contributed by atoms with E-state index in [1.54, 1.807) is 21.6 Å². The fourth-order valence-electron chi connectivity index (χ4n) is 3.95. The fourth-order valence-corrected chi connectivity index (χ4v) is 3.95. The van der Waals surface area contributed by atoms with Gasteiger partial charge in [-0.25, -0.2) is 0 Å². The molecule has 0 radical (unpaired) electrons. The Kier molecular flexibility index (Phi) is 10.4. The molecule has 0 bridgehead atoms. The van der Waals surface area contributed by atoms with E-state index in [-0.39, 0.29) is 44.1 Å². The van der Waals surface area contributed by atoms with E-state index < -0.39 is 34.8 Å². The zero-order valence-electron chi connectivity index (χ0n) is 19.2. The molecule has 1 heterocycles. The van der Waals surface area contributed by atoms with Gasteiger partial charge in [-0.2, -0.15) is 0 Å². The van der Waals surface area contributed by atoms with Crippen LogP contribution < -0.4 is 20.9 Å². The molecule has 4 N–H and O–H groups in total. The third kappa shape index (κ3) is 7.78. The van der Waals surface area contributed by atoms with Crippen molar-refractivity contribution in [2.75, 3.05) is 70.8 Å². The highest BCUT2D eigenvalue weighted by Crippen LogP contribution is 2.18. The van der Waals surface area contributed by atoms with Crippen LogP contribution in [0.3, 0.4) is 0 Å². The number of hydrogen-bond acceptors (Lipinski definition) is 10. The standard InChI is InChI=1S/C21H32N4O9/c1-2-34-20-17(18(30)19(20)31)22-5-3-4-14(21(32)33)25-10-8-23(12-15(26)27)6-7-24(9-11-25)13-16(28)29/h14,22H,2-13H2,1H3,(H,26,27)(H,28,29)(H,32,33). The Bertz CT molecular complexity index is 900. The van der Waals surface area contributed by atoms with Crippen LogP contribution in [0.25, 0.3) is 0 Å². The van der Waals surface area contributed by atoms with Crippen molar-refractivity contribution in [1.82, 2.24) is 14.7 Å². The Morgan fingerprint density at radius 1 is 0.912 bits per heavy atom. The predicted molar refractivity (Wildman–Crippen MR) is 121 cm³/mol. The molecule has 1 aliphatic heterocycles. The van der Waals surface area contributed by atoms with Crippen molar-refractivity contribution in [3.05, 3.63) is 20.4 Å². The molecule has 2 rings (SSSR count). The Morgan fingerprint density at radius 3 is 1.91 bits per heavy atom. The molecule has 0 saturated carbocycles. The zero-order valence-corrected chi connectivity index (χ0v) is 19.2. The van der Waals surface area contributed by atoms with Crippen LogP contribution in [-0.4, -0.2) is 119 Å². The van der Waals surface area contributed by atoms with Gasteiger partial charge in [0.15, 0.2) is 5.75 Å². The van der Waals surface area contributed by atoms with Crippen molar-refractivity contribution in [3.8, 4) is 5.75 Å². The molecule has 0 spiro atoms. The van der Waals surface area contributed by atoms with Gasteiger partial charge in [-0.15, -0.1) is 0 Å². The summed E-state index contributed by atoms with van der Waals surface area (Å²) in [6.07, 6.45) is 0.620. The summed E-state index contributed by atoms with van der Waals surface area (Å²) in [5.41, 5.74) is -1.23. The SMILES string of the molecule is CCOc1c(NCCCC(C(=O)O)N2CCN(CC(=O)O)CCN(CC(=O)O)CC2)c(=O)c1=O. The van der Waals surface area contributed by atoms with E-state index in [2.05, 4.69) is 5.32 Å². The second-order valence-corrected chi connectivity index (χ2v) is 8.09. The van der Waals surface area contributed by atoms with Gasteiger partial charge in [-0.1, -0.05) is 0 Å². The molecule has 1 aliphatic rings. The van der Waals surface area contributed by atoms with Gasteiger partial charge in [0.2, 0.25) is 0 Å². The van der Waals surface area contributed by atoms with E-state index in [1.165, 1.54) is 0 Å². The first-order valence-electron chi connectivity index (χ1n) is 11.2. The first-order chi connectivity index (χ1) is 16.1. The summed E-state index contributed by atoms with van der Waals surface area (Å²) in [4.78, 5) is 62.7. The van der Waals surface area contributed by atoms with Gasteiger partial charge in [-0.05, 0) is 19.8 Å². The quantitative estimate of drug-likeness (QED) is 0.186. The maximum absolute atomic E-state index is 12.0. The van der Waals surface area contributed by atoms with E-state index >= 15 is 0 Å². The summed E-state index contributed by atoms with van der Waals surface area (Å²) >= 11 is 0. The summed E-state index contributed by atoms with van der Waals surface area (Å²) in [7, 11) is 0. The number of carboxylic acids is 3. The van der Waals surface area contributed by atoms with Crippen LogP contribution in [0.1, 0.15) is 19.8 Å². The average molecular weight is 485 g/mol. The minimum absolute atomic E-state index is 0.000605. The molecule has 1 aromatic carbocycles. The maximum atomic E-state index is 12.0. The largest absolute Gasteiger partial charge is 0.488 e. The van der Waals surface area contributed by atoms with E-state index in [1.807, 2.05) is 0 Å². The van der Waals surface area contributed by atoms with E-state index in [0.29, 0.717) is 45.7 Å². The van der Waals surface area contributed by atoms with Gasteiger partial charge in [0.25, 0.3) is 10.9 Å². The lowest BCUT2D eigenvalue weighted by Crippen LogP contribution is -2.47. The van der Waals surface area contributed by atoms with Crippen LogP contribution in [0.15, 0.2) is 9.59 Å². The van der Waals surface area contributed by atoms with Crippen LogP contribution in [-0.2, 0) is 14.4 Å². The summed E-state index contributed by atoms with van der Waals surface area (Å²) in [6, 6.07) is -0.877. The molecule has 1 aromatic rings. The van der Waals surface area contributed by atoms with Crippen LogP contribution in [0.4, 0.5) is 5.69 Å². The third-order valence-electron chi connectivity index (χ3n) is 5.69. The van der Waals surface area contributed by atoms with E-state index in [0.717, 1.165) is 0 Å². The minimum atomic E-state index is -1.04. The number of nitrogens with one attached hydrogen (secondary N) is 1. The molecule has 1 saturated heterocycles. The van der Waals surface area contributed by atoms with Gasteiger partial charge >= 0.3 is 17.9 Å². The summed E-state index contributed by atoms with van der Waals surface area (Å²) in [5.74, 6) is -3.07. The Morgan fingerprint density at radius 2 is 1.44 bits per heavy atom. The molecule has 190 valence electrons. The molecular formula is C21H32N4O9. The lowest BCUT2D eigenvalue weighted by molar-refractivity contribution is -0.144. The van der Waals surface area contributed by atoms with Crippen molar-refractivity contribution >= 4 is 23.6 Å². The molecule has 1 unspecified atom stereocenters. The van der Waals surface area contributed by atoms with Crippen molar-refractivity contribution in [3.63, 3.8) is 0 Å². The number of aliphatic carboxylic acids is 3. The van der Waals surface area contributed by atoms with Crippen molar-refractivity contribution in [2.45, 2.75) is 25.8 Å². The topological polar surface area (TPSA) is 177 Å². The smallest absolute Gasteiger partial charge is 0.320 e. The van der Waals surface area contributed by atoms with E-state index in [4.69, 9.17) is 14.9 Å². The number of rotatable bonds is 13. The lowest BCUT2D eigenvalue weighted by Gasteiger charge is -2.30. The lowest BCUT2D eigenvalue weighted by atomic mass is 10.1. The molecule has 0 aromatic heterocycles. The van der Waals surface area contributed by atoms with Gasteiger partial charge in [-0.3, -0.25) is 38.7 Å². The van der Waals surface area contributed by atoms with Crippen LogP contribution in [0, 0.1) is 0 Å². The van der Waals surface area contributed by atoms with Crippen LogP contribution >= 0.6 is 0 Å². The number of nitrogens with zero attached hydrogens (tertiary/aromatic N) is 3. The normalized spacial score (nSPS) is 17.4. The van der Waals surface area contributed by atoms with Gasteiger partial charge in [0.05, 0.1) is 19.7 Å². The molecule has 13 nitrogen and oxygen atoms in total. The van der Waals surface area contributed by atoms with Gasteiger partial charge in [0, 0.05) is 45.8 Å². The summed E-state index contributed by atoms with van der Waals surface area (Å²) in [5, 5.41) is 31.0. The van der Waals surface area contributed by atoms with Crippen LogP contribution in [0.5, 0.6) is 5.75 Å². The van der Waals surface area contributed by atoms with Crippen molar-refractivity contribution in [1.29, 1.82) is 0 Å². The maximum Gasteiger partial charge on any atom is 0.320 e. The first-order valence-corrected chi connectivity index (χ1v) is 11.2. The van der Waals surface area contributed by atoms with E-state index in [9.17, 15) is 29.1 Å². The summed E-state index contributed by atoms with van der Waals surface area (Å²) < 4.78 is 5.15. The second-order valence-electron chi connectivity index (χ2n) is 8.09. The van der Waals surface area contributed by atoms with Crippen molar-refractivity contribution < 1.29 is 34.4 Å². The van der Waals surface area contributed by atoms with Crippen LogP contribution in [0.2, 0.25) is 0 Å². The Labute approximate surface area is 196 Å². The Hall–Kier alpha value is -3.03. The predicted octanol–water partition coefficient (Wildman–Crippen LogP) is -1.58. The number of hydrogen-bond donors (Lipinski definition) is 4. The minimum Gasteiger partial charge on any atom is -0.488 e. The zero-order chi connectivity index (χ0) is 25.3. The molecule has 0 amide bonds. The fraction of sp³-hybridized carbons (Fsp3) is 0.667. The number of carboxylic acid groups (broad SMARTS) is 3. The summed E-state index contributed by atoms with van der Waals surface area (Å²) in [6.45, 7) is 3.76. The third-order valence-corrected chi connectivity index (χ3v) is 5.69. The number of carbonyl (C=O) groups is 3. The number of anilines is 1. The molecule has 1 fully saturated rings.